The number of hydrogen-bond acceptors (Lipinski definition) is 4. The summed E-state index contributed by atoms with van der Waals surface area (Å²) in [5.74, 6) is -1.06. The molecule has 5 heteroatoms. The summed E-state index contributed by atoms with van der Waals surface area (Å²) < 4.78 is 19.0. The van der Waals surface area contributed by atoms with Crippen LogP contribution in [0.2, 0.25) is 0 Å². The lowest BCUT2D eigenvalue weighted by Crippen LogP contribution is -2.72. The molecular formula is C18H23O4P. The summed E-state index contributed by atoms with van der Waals surface area (Å²) in [5, 5.41) is 0.668. The van der Waals surface area contributed by atoms with E-state index in [9.17, 15) is 4.79 Å². The fourth-order valence-electron chi connectivity index (χ4n) is 4.98. The van der Waals surface area contributed by atoms with Crippen molar-refractivity contribution in [3.63, 3.8) is 0 Å². The number of carbonyl (C=O) groups excluding carboxylic acids is 1. The Morgan fingerprint density at radius 1 is 0.913 bits per heavy atom. The molecule has 1 aromatic carbocycles. The minimum atomic E-state index is -0.696. The van der Waals surface area contributed by atoms with Gasteiger partial charge in [0, 0.05) is 18.4 Å². The number of ether oxygens (including phenoxy) is 3. The monoisotopic (exact) mass is 334 g/mol. The van der Waals surface area contributed by atoms with Crippen LogP contribution in [-0.4, -0.2) is 28.0 Å². The van der Waals surface area contributed by atoms with Gasteiger partial charge in [0.25, 0.3) is 0 Å². The van der Waals surface area contributed by atoms with Crippen molar-refractivity contribution < 1.29 is 19.0 Å². The van der Waals surface area contributed by atoms with E-state index in [0.29, 0.717) is 0 Å². The van der Waals surface area contributed by atoms with E-state index in [4.69, 9.17) is 14.2 Å². The van der Waals surface area contributed by atoms with Gasteiger partial charge in [-0.05, 0) is 47.8 Å². The van der Waals surface area contributed by atoms with Crippen molar-refractivity contribution in [3.8, 4) is 0 Å². The van der Waals surface area contributed by atoms with Gasteiger partial charge >= 0.3 is 0 Å². The summed E-state index contributed by atoms with van der Waals surface area (Å²) in [6.45, 7) is 10.0. The maximum absolute atomic E-state index is 11.5. The van der Waals surface area contributed by atoms with E-state index in [2.05, 4.69) is 26.0 Å². The van der Waals surface area contributed by atoms with Gasteiger partial charge in [0.05, 0.1) is 10.7 Å². The van der Waals surface area contributed by atoms with E-state index < -0.39 is 19.5 Å². The molecule has 4 atom stereocenters. The summed E-state index contributed by atoms with van der Waals surface area (Å²) in [7, 11) is -0.696. The summed E-state index contributed by atoms with van der Waals surface area (Å²) in [6.07, 6.45) is 1.46. The molecule has 0 amide bonds. The second-order valence-electron chi connectivity index (χ2n) is 7.72. The number of rotatable bonds is 2. The molecule has 0 unspecified atom stereocenters. The standard InChI is InChI=1S/C18H23O4P/c1-12(19)13-6-8-14(9-7-13)23-17(4)10-15(2)20-16(3,22-17)11-18(23,5)21-15/h6-9H,10-11H2,1-5H3/t15-,16-,17+,18+/m0/s1. The van der Waals surface area contributed by atoms with Gasteiger partial charge in [-0.25, -0.2) is 0 Å². The van der Waals surface area contributed by atoms with Crippen molar-refractivity contribution in [1.29, 1.82) is 0 Å². The first kappa shape index (κ1) is 15.7. The number of carbonyl (C=O) groups is 1. The Labute approximate surface area is 138 Å². The van der Waals surface area contributed by atoms with Crippen LogP contribution in [0.1, 0.15) is 57.8 Å². The Morgan fingerprint density at radius 2 is 1.39 bits per heavy atom. The number of hydrogen-bond donors (Lipinski definition) is 0. The molecule has 0 N–H and O–H groups in total. The van der Waals surface area contributed by atoms with Crippen molar-refractivity contribution in [2.75, 3.05) is 0 Å². The van der Waals surface area contributed by atoms with Crippen LogP contribution in [0, 0.1) is 0 Å². The van der Waals surface area contributed by atoms with Crippen molar-refractivity contribution in [2.24, 2.45) is 0 Å². The molecule has 4 nitrogen and oxygen atoms in total. The number of Topliss-reactive ketones (excluding diaryl/α,β-unsaturated/α-hetero) is 1. The highest BCUT2D eigenvalue weighted by molar-refractivity contribution is 7.68. The average Bonchev–Trinajstić information content (AvgIpc) is 2.32. The Kier molecular flexibility index (Phi) is 3.02. The number of ketones is 1. The molecule has 4 bridgehead atoms. The molecule has 0 aromatic heterocycles. The lowest BCUT2D eigenvalue weighted by Gasteiger charge is -2.69. The van der Waals surface area contributed by atoms with Gasteiger partial charge in [-0.1, -0.05) is 24.3 Å². The van der Waals surface area contributed by atoms with E-state index in [1.54, 1.807) is 6.92 Å². The van der Waals surface area contributed by atoms with Gasteiger partial charge in [-0.15, -0.1) is 0 Å². The second-order valence-corrected chi connectivity index (χ2v) is 10.8. The molecule has 124 valence electrons. The lowest BCUT2D eigenvalue weighted by atomic mass is 9.98. The van der Waals surface area contributed by atoms with Crippen LogP contribution >= 0.6 is 7.92 Å². The maximum Gasteiger partial charge on any atom is 0.173 e. The Bertz CT molecular complexity index is 639. The number of benzene rings is 1. The zero-order valence-electron chi connectivity index (χ0n) is 14.3. The van der Waals surface area contributed by atoms with E-state index in [1.807, 2.05) is 26.0 Å². The zero-order chi connectivity index (χ0) is 16.7. The Hall–Kier alpha value is -0.800. The van der Waals surface area contributed by atoms with Crippen molar-refractivity contribution in [1.82, 2.24) is 0 Å². The first-order valence-electron chi connectivity index (χ1n) is 8.09. The first-order chi connectivity index (χ1) is 10.6. The van der Waals surface area contributed by atoms with Crippen LogP contribution in [0.15, 0.2) is 24.3 Å². The second kappa shape index (κ2) is 4.43. The highest BCUT2D eigenvalue weighted by atomic mass is 31.1. The zero-order valence-corrected chi connectivity index (χ0v) is 15.2. The summed E-state index contributed by atoms with van der Waals surface area (Å²) in [4.78, 5) is 11.5. The SMILES string of the molecule is CC(=O)c1ccc(P2[C@]3(C)C[C@@]4(C)O[C@](C)(C[C@]2(C)O4)O3)cc1. The fourth-order valence-corrected chi connectivity index (χ4v) is 8.98. The van der Waals surface area contributed by atoms with Crippen LogP contribution in [0.25, 0.3) is 0 Å². The third-order valence-electron chi connectivity index (χ3n) is 5.08. The predicted octanol–water partition coefficient (Wildman–Crippen LogP) is 3.73. The third-order valence-corrected chi connectivity index (χ3v) is 8.28. The molecule has 0 radical (unpaired) electrons. The van der Waals surface area contributed by atoms with Crippen molar-refractivity contribution in [2.45, 2.75) is 69.7 Å². The largest absolute Gasteiger partial charge is 0.339 e. The highest BCUT2D eigenvalue weighted by Gasteiger charge is 2.71. The summed E-state index contributed by atoms with van der Waals surface area (Å²) in [5.41, 5.74) is 0.744. The Balaban J connectivity index is 1.79. The molecule has 4 aliphatic heterocycles. The van der Waals surface area contributed by atoms with Gasteiger partial charge in [-0.3, -0.25) is 4.79 Å². The maximum atomic E-state index is 11.5. The van der Waals surface area contributed by atoms with Crippen LogP contribution in [0.3, 0.4) is 0 Å². The van der Waals surface area contributed by atoms with E-state index in [1.165, 1.54) is 5.30 Å². The molecule has 0 spiro atoms. The third kappa shape index (κ3) is 2.23. The normalized spacial score (nSPS) is 47.8. The minimum Gasteiger partial charge on any atom is -0.339 e. The molecule has 0 saturated carbocycles. The van der Waals surface area contributed by atoms with Gasteiger partial charge < -0.3 is 14.2 Å². The quantitative estimate of drug-likeness (QED) is 0.611. The van der Waals surface area contributed by atoms with Gasteiger partial charge in [0.15, 0.2) is 17.4 Å². The van der Waals surface area contributed by atoms with Gasteiger partial charge in [0.2, 0.25) is 0 Å². The lowest BCUT2D eigenvalue weighted by molar-refractivity contribution is -0.467. The molecule has 0 aliphatic carbocycles. The van der Waals surface area contributed by atoms with Crippen LogP contribution < -0.4 is 5.30 Å². The topological polar surface area (TPSA) is 44.8 Å². The Morgan fingerprint density at radius 3 is 1.83 bits per heavy atom. The molecule has 5 rings (SSSR count). The predicted molar refractivity (Wildman–Crippen MR) is 89.1 cm³/mol. The molecule has 4 aliphatic rings. The van der Waals surface area contributed by atoms with Crippen molar-refractivity contribution in [3.05, 3.63) is 29.8 Å². The first-order valence-corrected chi connectivity index (χ1v) is 9.43. The minimum absolute atomic E-state index is 0.0905. The molecule has 4 heterocycles. The molecule has 23 heavy (non-hydrogen) atoms. The average molecular weight is 334 g/mol. The van der Waals surface area contributed by atoms with E-state index in [0.717, 1.165) is 18.4 Å². The van der Waals surface area contributed by atoms with Crippen molar-refractivity contribution >= 4 is 19.0 Å². The van der Waals surface area contributed by atoms with Crippen LogP contribution in [0.5, 0.6) is 0 Å². The summed E-state index contributed by atoms with van der Waals surface area (Å²) >= 11 is 0. The molecule has 4 saturated heterocycles. The summed E-state index contributed by atoms with van der Waals surface area (Å²) in [6, 6.07) is 7.97. The van der Waals surface area contributed by atoms with Crippen LogP contribution in [-0.2, 0) is 14.2 Å². The van der Waals surface area contributed by atoms with Gasteiger partial charge in [0.1, 0.15) is 0 Å². The van der Waals surface area contributed by atoms with E-state index in [-0.39, 0.29) is 16.5 Å². The molecular weight excluding hydrogens is 311 g/mol. The fraction of sp³-hybridized carbons (Fsp3) is 0.611. The molecule has 4 fully saturated rings. The van der Waals surface area contributed by atoms with Gasteiger partial charge in [-0.2, -0.15) is 0 Å². The van der Waals surface area contributed by atoms with Crippen LogP contribution in [0.4, 0.5) is 0 Å². The highest BCUT2D eigenvalue weighted by Crippen LogP contribution is 2.75. The van der Waals surface area contributed by atoms with E-state index >= 15 is 0 Å². The smallest absolute Gasteiger partial charge is 0.173 e. The molecule has 1 aromatic rings.